The van der Waals surface area contributed by atoms with Crippen LogP contribution in [0.25, 0.3) is 0 Å². The fourth-order valence-electron chi connectivity index (χ4n) is 2.72. The summed E-state index contributed by atoms with van der Waals surface area (Å²) in [6.07, 6.45) is 1.44. The molecule has 1 aliphatic rings. The number of nitrogen functional groups attached to an aromatic ring is 1. The molecular formula is C14H24N4O2. The van der Waals surface area contributed by atoms with Crippen LogP contribution in [0.2, 0.25) is 0 Å². The number of aliphatic hydroxyl groups is 1. The topological polar surface area (TPSA) is 84.4 Å². The summed E-state index contributed by atoms with van der Waals surface area (Å²) in [6.45, 7) is 7.20. The molecule has 3 N–H and O–H groups in total. The van der Waals surface area contributed by atoms with E-state index in [1.54, 1.807) is 4.68 Å². The summed E-state index contributed by atoms with van der Waals surface area (Å²) in [5, 5.41) is 13.9. The SMILES string of the molecule is Cc1nn(CC(=O)N2CCC(C(C)O)CC2)c(C)c1N. The van der Waals surface area contributed by atoms with Gasteiger partial charge in [0.05, 0.1) is 23.2 Å². The van der Waals surface area contributed by atoms with Crippen molar-refractivity contribution in [2.45, 2.75) is 46.3 Å². The number of hydrogen-bond donors (Lipinski definition) is 2. The Labute approximate surface area is 119 Å². The molecule has 1 aliphatic heterocycles. The summed E-state index contributed by atoms with van der Waals surface area (Å²) < 4.78 is 1.67. The number of nitrogens with zero attached hydrogens (tertiary/aromatic N) is 3. The first kappa shape index (κ1) is 14.8. The van der Waals surface area contributed by atoms with Crippen LogP contribution in [0.4, 0.5) is 5.69 Å². The van der Waals surface area contributed by atoms with Gasteiger partial charge in [0.2, 0.25) is 5.91 Å². The number of aliphatic hydroxyl groups excluding tert-OH is 1. The Balaban J connectivity index is 1.94. The van der Waals surface area contributed by atoms with E-state index in [1.807, 2.05) is 25.7 Å². The van der Waals surface area contributed by atoms with E-state index in [2.05, 4.69) is 5.10 Å². The Bertz CT molecular complexity index is 488. The highest BCUT2D eigenvalue weighted by molar-refractivity contribution is 5.76. The number of amides is 1. The van der Waals surface area contributed by atoms with Gasteiger partial charge in [-0.15, -0.1) is 0 Å². The molecule has 0 aliphatic carbocycles. The molecule has 1 saturated heterocycles. The lowest BCUT2D eigenvalue weighted by atomic mass is 9.92. The van der Waals surface area contributed by atoms with Crippen LogP contribution in [-0.2, 0) is 11.3 Å². The highest BCUT2D eigenvalue weighted by Gasteiger charge is 2.26. The van der Waals surface area contributed by atoms with E-state index in [0.717, 1.165) is 24.2 Å². The molecule has 0 saturated carbocycles. The summed E-state index contributed by atoms with van der Waals surface area (Å²) in [5.74, 6) is 0.378. The number of hydrogen-bond acceptors (Lipinski definition) is 4. The number of rotatable bonds is 3. The second-order valence-corrected chi connectivity index (χ2v) is 5.70. The second kappa shape index (κ2) is 5.83. The Morgan fingerprint density at radius 1 is 1.45 bits per heavy atom. The zero-order chi connectivity index (χ0) is 14.9. The maximum atomic E-state index is 12.3. The molecule has 1 fully saturated rings. The van der Waals surface area contributed by atoms with Crippen LogP contribution in [0, 0.1) is 19.8 Å². The molecule has 6 nitrogen and oxygen atoms in total. The summed E-state index contributed by atoms with van der Waals surface area (Å²) in [5.41, 5.74) is 8.14. The zero-order valence-corrected chi connectivity index (χ0v) is 12.5. The van der Waals surface area contributed by atoms with Crippen molar-refractivity contribution in [2.75, 3.05) is 18.8 Å². The van der Waals surface area contributed by atoms with Crippen LogP contribution in [0.1, 0.15) is 31.2 Å². The molecule has 0 bridgehead atoms. The Morgan fingerprint density at radius 3 is 2.50 bits per heavy atom. The summed E-state index contributed by atoms with van der Waals surface area (Å²) in [7, 11) is 0. The van der Waals surface area contributed by atoms with E-state index in [-0.39, 0.29) is 18.6 Å². The van der Waals surface area contributed by atoms with Gasteiger partial charge in [0.1, 0.15) is 6.54 Å². The lowest BCUT2D eigenvalue weighted by Gasteiger charge is -2.33. The molecule has 1 amide bonds. The second-order valence-electron chi connectivity index (χ2n) is 5.70. The van der Waals surface area contributed by atoms with Crippen molar-refractivity contribution in [1.82, 2.24) is 14.7 Å². The van der Waals surface area contributed by atoms with Gasteiger partial charge in [0.15, 0.2) is 0 Å². The number of aromatic nitrogens is 2. The maximum Gasteiger partial charge on any atom is 0.244 e. The van der Waals surface area contributed by atoms with Gasteiger partial charge in [0.25, 0.3) is 0 Å². The molecule has 2 heterocycles. The third-order valence-electron chi connectivity index (χ3n) is 4.30. The van der Waals surface area contributed by atoms with Crippen LogP contribution in [0.5, 0.6) is 0 Å². The normalized spacial score (nSPS) is 18.3. The fraction of sp³-hybridized carbons (Fsp3) is 0.714. The van der Waals surface area contributed by atoms with Gasteiger partial charge in [-0.3, -0.25) is 9.48 Å². The number of likely N-dealkylation sites (tertiary alicyclic amines) is 1. The maximum absolute atomic E-state index is 12.3. The largest absolute Gasteiger partial charge is 0.396 e. The number of piperidine rings is 1. The van der Waals surface area contributed by atoms with Gasteiger partial charge in [-0.2, -0.15) is 5.10 Å². The molecular weight excluding hydrogens is 256 g/mol. The number of nitrogens with two attached hydrogens (primary N) is 1. The van der Waals surface area contributed by atoms with Crippen molar-refractivity contribution in [1.29, 1.82) is 0 Å². The third-order valence-corrected chi connectivity index (χ3v) is 4.30. The van der Waals surface area contributed by atoms with Gasteiger partial charge in [-0.05, 0) is 39.5 Å². The molecule has 6 heteroatoms. The molecule has 2 rings (SSSR count). The van der Waals surface area contributed by atoms with E-state index in [1.165, 1.54) is 0 Å². The lowest BCUT2D eigenvalue weighted by Crippen LogP contribution is -2.42. The van der Waals surface area contributed by atoms with Gasteiger partial charge in [0, 0.05) is 13.1 Å². The average Bonchev–Trinajstić information content (AvgIpc) is 2.66. The smallest absolute Gasteiger partial charge is 0.244 e. The number of carbonyl (C=O) groups is 1. The van der Waals surface area contributed by atoms with Gasteiger partial charge >= 0.3 is 0 Å². The standard InChI is InChI=1S/C14H24N4O2/c1-9-14(15)10(2)18(16-9)8-13(20)17-6-4-12(5-7-17)11(3)19/h11-12,19H,4-8,15H2,1-3H3. The van der Waals surface area contributed by atoms with Crippen LogP contribution in [0.3, 0.4) is 0 Å². The molecule has 112 valence electrons. The van der Waals surface area contributed by atoms with Gasteiger partial charge in [-0.1, -0.05) is 0 Å². The predicted molar refractivity (Wildman–Crippen MR) is 77.1 cm³/mol. The third kappa shape index (κ3) is 2.95. The zero-order valence-electron chi connectivity index (χ0n) is 12.5. The Morgan fingerprint density at radius 2 is 2.05 bits per heavy atom. The molecule has 1 unspecified atom stereocenters. The van der Waals surface area contributed by atoms with Crippen molar-refractivity contribution in [2.24, 2.45) is 5.92 Å². The van der Waals surface area contributed by atoms with E-state index >= 15 is 0 Å². The van der Waals surface area contributed by atoms with Crippen molar-refractivity contribution < 1.29 is 9.90 Å². The van der Waals surface area contributed by atoms with Crippen LogP contribution in [-0.4, -0.2) is 44.9 Å². The number of carbonyl (C=O) groups excluding carboxylic acids is 1. The summed E-state index contributed by atoms with van der Waals surface area (Å²) >= 11 is 0. The minimum Gasteiger partial charge on any atom is -0.396 e. The minimum atomic E-state index is -0.289. The lowest BCUT2D eigenvalue weighted by molar-refractivity contribution is -0.134. The van der Waals surface area contributed by atoms with E-state index in [0.29, 0.717) is 24.7 Å². The van der Waals surface area contributed by atoms with Crippen LogP contribution in [0.15, 0.2) is 0 Å². The van der Waals surface area contributed by atoms with Crippen molar-refractivity contribution in [3.63, 3.8) is 0 Å². The number of anilines is 1. The van der Waals surface area contributed by atoms with Crippen molar-refractivity contribution in [3.05, 3.63) is 11.4 Å². The molecule has 1 atom stereocenters. The summed E-state index contributed by atoms with van der Waals surface area (Å²) in [6, 6.07) is 0. The van der Waals surface area contributed by atoms with Crippen LogP contribution >= 0.6 is 0 Å². The summed E-state index contributed by atoms with van der Waals surface area (Å²) in [4.78, 5) is 14.1. The molecule has 0 radical (unpaired) electrons. The highest BCUT2D eigenvalue weighted by atomic mass is 16.3. The molecule has 0 aromatic carbocycles. The number of aryl methyl sites for hydroxylation is 1. The monoisotopic (exact) mass is 280 g/mol. The van der Waals surface area contributed by atoms with Crippen molar-refractivity contribution in [3.8, 4) is 0 Å². The quantitative estimate of drug-likeness (QED) is 0.853. The van der Waals surface area contributed by atoms with E-state index in [9.17, 15) is 9.90 Å². The molecule has 20 heavy (non-hydrogen) atoms. The molecule has 0 spiro atoms. The average molecular weight is 280 g/mol. The first-order chi connectivity index (χ1) is 9.40. The van der Waals surface area contributed by atoms with E-state index < -0.39 is 0 Å². The fourth-order valence-corrected chi connectivity index (χ4v) is 2.72. The molecule has 1 aromatic heterocycles. The van der Waals surface area contributed by atoms with Gasteiger partial charge < -0.3 is 15.7 Å². The van der Waals surface area contributed by atoms with E-state index in [4.69, 9.17) is 5.73 Å². The highest BCUT2D eigenvalue weighted by Crippen LogP contribution is 2.21. The first-order valence-electron chi connectivity index (χ1n) is 7.15. The predicted octanol–water partition coefficient (Wildman–Crippen LogP) is 0.702. The Hall–Kier alpha value is -1.56. The Kier molecular flexibility index (Phi) is 4.32. The van der Waals surface area contributed by atoms with Crippen molar-refractivity contribution >= 4 is 11.6 Å². The molecule has 1 aromatic rings. The van der Waals surface area contributed by atoms with Crippen LogP contribution < -0.4 is 5.73 Å². The minimum absolute atomic E-state index is 0.0691. The van der Waals surface area contributed by atoms with Gasteiger partial charge in [-0.25, -0.2) is 0 Å². The first-order valence-corrected chi connectivity index (χ1v) is 7.15.